The lowest BCUT2D eigenvalue weighted by atomic mass is 10.4. The van der Waals surface area contributed by atoms with E-state index in [1.165, 1.54) is 0 Å². The number of hydrogen-bond acceptors (Lipinski definition) is 4. The molecule has 0 amide bonds. The number of aliphatic hydroxyl groups excluding tert-OH is 1. The summed E-state index contributed by atoms with van der Waals surface area (Å²) in [5.74, 6) is -0.138. The molecule has 0 radical (unpaired) electrons. The van der Waals surface area contributed by atoms with Crippen LogP contribution in [0.3, 0.4) is 0 Å². The summed E-state index contributed by atoms with van der Waals surface area (Å²) in [7, 11) is -3.47. The first-order valence-electron chi connectivity index (χ1n) is 4.38. The zero-order valence-corrected chi connectivity index (χ0v) is 9.03. The molecule has 82 valence electrons. The van der Waals surface area contributed by atoms with Crippen LogP contribution < -0.4 is 0 Å². The van der Waals surface area contributed by atoms with Gasteiger partial charge in [-0.1, -0.05) is 24.3 Å². The van der Waals surface area contributed by atoms with E-state index in [2.05, 4.69) is 4.18 Å². The van der Waals surface area contributed by atoms with Gasteiger partial charge in [-0.2, -0.15) is 8.42 Å². The summed E-state index contributed by atoms with van der Waals surface area (Å²) in [6, 6.07) is 0. The Morgan fingerprint density at radius 1 is 1.36 bits per heavy atom. The molecule has 0 aliphatic rings. The van der Waals surface area contributed by atoms with Crippen LogP contribution in [0.25, 0.3) is 0 Å². The predicted molar refractivity (Wildman–Crippen MR) is 55.4 cm³/mol. The lowest BCUT2D eigenvalue weighted by Crippen LogP contribution is -2.11. The largest absolute Gasteiger partial charge is 0.396 e. The highest BCUT2D eigenvalue weighted by molar-refractivity contribution is 7.86. The third kappa shape index (κ3) is 7.97. The standard InChI is InChI=1S/C9H16O4S/c1-2-3-4-5-8-13-14(11,12)9-6-7-10/h2-5,10H,6-9H2,1H3. The SMILES string of the molecule is CC=CC=CCOS(=O)(=O)CCCO. The van der Waals surface area contributed by atoms with Crippen LogP contribution in [0.1, 0.15) is 13.3 Å². The fraction of sp³-hybridized carbons (Fsp3) is 0.556. The second kappa shape index (κ2) is 7.73. The van der Waals surface area contributed by atoms with Crippen LogP contribution in [0.15, 0.2) is 24.3 Å². The molecule has 0 aliphatic carbocycles. The van der Waals surface area contributed by atoms with Crippen molar-refractivity contribution in [1.29, 1.82) is 0 Å². The first kappa shape index (κ1) is 13.4. The highest BCUT2D eigenvalue weighted by Crippen LogP contribution is 1.96. The van der Waals surface area contributed by atoms with Gasteiger partial charge in [0.25, 0.3) is 10.1 Å². The Bertz CT molecular complexity index is 277. The van der Waals surface area contributed by atoms with Gasteiger partial charge in [0.1, 0.15) is 0 Å². The molecule has 5 heteroatoms. The monoisotopic (exact) mass is 220 g/mol. The zero-order chi connectivity index (χ0) is 10.9. The Labute approximate surface area is 85.0 Å². The molecule has 0 aromatic rings. The van der Waals surface area contributed by atoms with E-state index in [1.54, 1.807) is 18.2 Å². The zero-order valence-electron chi connectivity index (χ0n) is 8.22. The molecule has 0 aromatic heterocycles. The average molecular weight is 220 g/mol. The van der Waals surface area contributed by atoms with E-state index >= 15 is 0 Å². The third-order valence-corrected chi connectivity index (χ3v) is 2.62. The smallest absolute Gasteiger partial charge is 0.267 e. The fourth-order valence-corrected chi connectivity index (χ4v) is 1.57. The van der Waals surface area contributed by atoms with Gasteiger partial charge < -0.3 is 5.11 Å². The fourth-order valence-electron chi connectivity index (χ4n) is 0.688. The number of aliphatic hydroxyl groups is 1. The Kier molecular flexibility index (Phi) is 7.37. The highest BCUT2D eigenvalue weighted by Gasteiger charge is 2.08. The molecular weight excluding hydrogens is 204 g/mol. The molecule has 0 atom stereocenters. The van der Waals surface area contributed by atoms with Crippen LogP contribution in [-0.2, 0) is 14.3 Å². The molecule has 0 heterocycles. The summed E-state index contributed by atoms with van der Waals surface area (Å²) in [6.45, 7) is 1.76. The third-order valence-electron chi connectivity index (χ3n) is 1.34. The van der Waals surface area contributed by atoms with E-state index in [1.807, 2.05) is 13.0 Å². The summed E-state index contributed by atoms with van der Waals surface area (Å²) in [4.78, 5) is 0. The molecule has 14 heavy (non-hydrogen) atoms. The van der Waals surface area contributed by atoms with Crippen molar-refractivity contribution >= 4 is 10.1 Å². The summed E-state index contributed by atoms with van der Waals surface area (Å²) in [5, 5.41) is 8.43. The van der Waals surface area contributed by atoms with Crippen molar-refractivity contribution in [3.05, 3.63) is 24.3 Å². The topological polar surface area (TPSA) is 63.6 Å². The minimum atomic E-state index is -3.47. The molecule has 0 saturated carbocycles. The van der Waals surface area contributed by atoms with E-state index in [9.17, 15) is 8.42 Å². The summed E-state index contributed by atoms with van der Waals surface area (Å²) in [6.07, 6.45) is 7.14. The van der Waals surface area contributed by atoms with Crippen molar-refractivity contribution in [2.75, 3.05) is 19.0 Å². The van der Waals surface area contributed by atoms with E-state index < -0.39 is 10.1 Å². The van der Waals surface area contributed by atoms with Gasteiger partial charge in [0.05, 0.1) is 12.4 Å². The number of allylic oxidation sites excluding steroid dienone is 3. The van der Waals surface area contributed by atoms with E-state index in [4.69, 9.17) is 5.11 Å². The van der Waals surface area contributed by atoms with Crippen molar-refractivity contribution in [2.45, 2.75) is 13.3 Å². The maximum Gasteiger partial charge on any atom is 0.267 e. The molecule has 1 N–H and O–H groups in total. The van der Waals surface area contributed by atoms with E-state index in [0.29, 0.717) is 0 Å². The first-order chi connectivity index (χ1) is 6.62. The van der Waals surface area contributed by atoms with Crippen LogP contribution in [0.4, 0.5) is 0 Å². The molecule has 0 rings (SSSR count). The molecule has 0 aliphatic heterocycles. The maximum absolute atomic E-state index is 11.0. The van der Waals surface area contributed by atoms with E-state index in [0.717, 1.165) is 0 Å². The molecule has 0 unspecified atom stereocenters. The Balaban J connectivity index is 3.76. The number of hydrogen-bond donors (Lipinski definition) is 1. The molecule has 0 bridgehead atoms. The van der Waals surface area contributed by atoms with Gasteiger partial charge in [-0.25, -0.2) is 0 Å². The number of rotatable bonds is 7. The Morgan fingerprint density at radius 3 is 2.64 bits per heavy atom. The van der Waals surface area contributed by atoms with Crippen LogP contribution in [0.2, 0.25) is 0 Å². The van der Waals surface area contributed by atoms with Crippen molar-refractivity contribution in [2.24, 2.45) is 0 Å². The van der Waals surface area contributed by atoms with Gasteiger partial charge in [0, 0.05) is 6.61 Å². The van der Waals surface area contributed by atoms with Gasteiger partial charge in [-0.05, 0) is 13.3 Å². The minimum absolute atomic E-state index is 0.0398. The maximum atomic E-state index is 11.0. The predicted octanol–water partition coefficient (Wildman–Crippen LogP) is 0.848. The summed E-state index contributed by atoms with van der Waals surface area (Å²) >= 11 is 0. The van der Waals surface area contributed by atoms with Gasteiger partial charge in [0.15, 0.2) is 0 Å². The summed E-state index contributed by atoms with van der Waals surface area (Å²) in [5.41, 5.74) is 0. The van der Waals surface area contributed by atoms with Crippen LogP contribution in [-0.4, -0.2) is 32.5 Å². The van der Waals surface area contributed by atoms with Crippen LogP contribution >= 0.6 is 0 Å². The Morgan fingerprint density at radius 2 is 2.07 bits per heavy atom. The van der Waals surface area contributed by atoms with Crippen LogP contribution in [0.5, 0.6) is 0 Å². The van der Waals surface area contributed by atoms with Gasteiger partial charge in [-0.3, -0.25) is 4.18 Å². The van der Waals surface area contributed by atoms with E-state index in [-0.39, 0.29) is 25.4 Å². The molecule has 0 spiro atoms. The lowest BCUT2D eigenvalue weighted by molar-refractivity contribution is 0.290. The second-order valence-corrected chi connectivity index (χ2v) is 4.34. The molecule has 0 fully saturated rings. The minimum Gasteiger partial charge on any atom is -0.396 e. The quantitative estimate of drug-likeness (QED) is 0.510. The van der Waals surface area contributed by atoms with Crippen molar-refractivity contribution in [3.8, 4) is 0 Å². The first-order valence-corrected chi connectivity index (χ1v) is 5.96. The molecule has 0 saturated heterocycles. The van der Waals surface area contributed by atoms with Crippen molar-refractivity contribution in [3.63, 3.8) is 0 Å². The molecule has 4 nitrogen and oxygen atoms in total. The van der Waals surface area contributed by atoms with Crippen molar-refractivity contribution in [1.82, 2.24) is 0 Å². The van der Waals surface area contributed by atoms with Gasteiger partial charge in [0.2, 0.25) is 0 Å². The van der Waals surface area contributed by atoms with Gasteiger partial charge >= 0.3 is 0 Å². The normalized spacial score (nSPS) is 13.0. The highest BCUT2D eigenvalue weighted by atomic mass is 32.2. The average Bonchev–Trinajstić information content (AvgIpc) is 2.15. The molecular formula is C9H16O4S. The second-order valence-electron chi connectivity index (χ2n) is 2.58. The van der Waals surface area contributed by atoms with Crippen LogP contribution in [0, 0.1) is 0 Å². The lowest BCUT2D eigenvalue weighted by Gasteiger charge is -2.00. The Hall–Kier alpha value is -0.650. The summed E-state index contributed by atoms with van der Waals surface area (Å²) < 4.78 is 26.7. The van der Waals surface area contributed by atoms with Crippen molar-refractivity contribution < 1.29 is 17.7 Å². The van der Waals surface area contributed by atoms with Gasteiger partial charge in [-0.15, -0.1) is 0 Å². The molecule has 0 aromatic carbocycles.